The van der Waals surface area contributed by atoms with E-state index in [1.54, 1.807) is 0 Å². The van der Waals surface area contributed by atoms with Crippen molar-refractivity contribution >= 4 is 55.7 Å². The van der Waals surface area contributed by atoms with Gasteiger partial charge < -0.3 is 19.3 Å². The molecule has 0 spiro atoms. The first-order valence-corrected chi connectivity index (χ1v) is 26.6. The number of anilines is 6. The molecule has 13 aromatic rings. The van der Waals surface area contributed by atoms with E-state index in [-0.39, 0.29) is 0 Å². The van der Waals surface area contributed by atoms with Crippen molar-refractivity contribution in [2.75, 3.05) is 9.80 Å². The van der Waals surface area contributed by atoms with Gasteiger partial charge in [-0.25, -0.2) is 0 Å². The number of hydrogen-bond acceptors (Lipinski definition) is 4. The van der Waals surface area contributed by atoms with E-state index < -0.39 is 0 Å². The zero-order valence-corrected chi connectivity index (χ0v) is 42.4. The summed E-state index contributed by atoms with van der Waals surface area (Å²) in [7, 11) is 0. The quantitative estimate of drug-likeness (QED) is 0.136. The summed E-state index contributed by atoms with van der Waals surface area (Å²) >= 11 is 0. The molecule has 0 amide bonds. The van der Waals surface area contributed by atoms with E-state index in [0.29, 0.717) is 0 Å². The van der Waals surface area contributed by atoms with E-state index >= 15 is 0 Å². The summed E-state index contributed by atoms with van der Waals surface area (Å²) in [5, 5.41) is 4.42. The van der Waals surface area contributed by atoms with Crippen molar-refractivity contribution in [1.29, 1.82) is 0 Å². The fourth-order valence-corrected chi connectivity index (χ4v) is 11.9. The smallest absolute Gasteiger partial charge is 0.136 e. The lowest BCUT2D eigenvalue weighted by molar-refractivity contribution is 0.487. The van der Waals surface area contributed by atoms with E-state index in [9.17, 15) is 0 Å². The molecule has 0 saturated carbocycles. The molecule has 2 heterocycles. The summed E-state index contributed by atoms with van der Waals surface area (Å²) in [6.07, 6.45) is 0. The zero-order valence-electron chi connectivity index (χ0n) is 42.4. The molecule has 0 fully saturated rings. The lowest BCUT2D eigenvalue weighted by Crippen LogP contribution is -2.12. The molecule has 366 valence electrons. The minimum absolute atomic E-state index is 0.832. The van der Waals surface area contributed by atoms with Crippen molar-refractivity contribution < 1.29 is 9.47 Å². The van der Waals surface area contributed by atoms with Crippen LogP contribution in [0.3, 0.4) is 0 Å². The molecule has 0 atom stereocenters. The molecule has 0 radical (unpaired) electrons. The minimum atomic E-state index is 0.832. The van der Waals surface area contributed by atoms with Crippen molar-refractivity contribution in [1.82, 2.24) is 0 Å². The predicted molar refractivity (Wildman–Crippen MR) is 324 cm³/mol. The second-order valence-corrected chi connectivity index (χ2v) is 20.0. The number of fused-ring (bicyclic) bond motifs is 4. The molecule has 0 saturated heterocycles. The van der Waals surface area contributed by atoms with Gasteiger partial charge in [0, 0.05) is 55.7 Å². The van der Waals surface area contributed by atoms with Crippen LogP contribution in [0, 0.1) is 0 Å². The van der Waals surface area contributed by atoms with Crippen LogP contribution in [0.5, 0.6) is 23.0 Å². The molecule has 13 aromatic carbocycles. The SMILES string of the molecule is c1ccc(-c2ccccc2N(c2ccccc2)c2ccc(-c3cc4c5c(cc(-c6ccccc6N(c6ccccc6)c6ccccc6)cc5c3)-c3ccccc3O4)cc2-c2cc3c4c(cccc4c2)Oc2ccccc2-3)cc1. The number of ether oxygens (including phenoxy) is 2. The first kappa shape index (κ1) is 45.0. The van der Waals surface area contributed by atoms with Gasteiger partial charge in [0.05, 0.1) is 17.1 Å². The topological polar surface area (TPSA) is 24.9 Å². The summed E-state index contributed by atoms with van der Waals surface area (Å²) in [6.45, 7) is 0. The highest BCUT2D eigenvalue weighted by Gasteiger charge is 2.28. The number of rotatable bonds is 10. The molecule has 2 aliphatic heterocycles. The highest BCUT2D eigenvalue weighted by atomic mass is 16.5. The Morgan fingerprint density at radius 1 is 0.205 bits per heavy atom. The van der Waals surface area contributed by atoms with Gasteiger partial charge in [-0.2, -0.15) is 0 Å². The maximum Gasteiger partial charge on any atom is 0.136 e. The fourth-order valence-electron chi connectivity index (χ4n) is 11.9. The first-order chi connectivity index (χ1) is 38.7. The standard InChI is InChI=1S/C74H48N2O2/c1-5-22-49(23-6-1)59-31-13-18-36-67(59)76(58-29-11-4-12-30-58)68-41-40-50(45-63(68)54-42-51-24-21-39-71-73(51)64(47-54)61-33-15-19-37-69(61)77-71)52-43-55-44-53(46-65-62-34-16-20-38-70(62)78-72(48-52)74(55)65)60-32-14-17-35-66(60)75(56-25-7-2-8-26-56)57-27-9-3-10-28-57/h1-48H. The highest BCUT2D eigenvalue weighted by Crippen LogP contribution is 2.54. The van der Waals surface area contributed by atoms with Gasteiger partial charge in [0.1, 0.15) is 23.0 Å². The van der Waals surface area contributed by atoms with E-state index in [4.69, 9.17) is 9.47 Å². The minimum Gasteiger partial charge on any atom is -0.456 e. The third-order valence-electron chi connectivity index (χ3n) is 15.4. The monoisotopic (exact) mass is 996 g/mol. The van der Waals surface area contributed by atoms with Crippen LogP contribution < -0.4 is 19.3 Å². The molecule has 0 unspecified atom stereocenters. The Bertz CT molecular complexity index is 4400. The summed E-state index contributed by atoms with van der Waals surface area (Å²) < 4.78 is 13.6. The molecule has 4 nitrogen and oxygen atoms in total. The molecule has 15 rings (SSSR count). The predicted octanol–water partition coefficient (Wildman–Crippen LogP) is 21.1. The van der Waals surface area contributed by atoms with Gasteiger partial charge in [0.25, 0.3) is 0 Å². The fraction of sp³-hybridized carbons (Fsp3) is 0. The number of hydrogen-bond donors (Lipinski definition) is 0. The molecule has 0 N–H and O–H groups in total. The molecule has 78 heavy (non-hydrogen) atoms. The Morgan fingerprint density at radius 3 is 1.26 bits per heavy atom. The maximum absolute atomic E-state index is 6.98. The Hall–Kier alpha value is -10.4. The van der Waals surface area contributed by atoms with Gasteiger partial charge in [-0.15, -0.1) is 0 Å². The van der Waals surface area contributed by atoms with Crippen LogP contribution in [0.25, 0.3) is 88.3 Å². The zero-order chi connectivity index (χ0) is 51.5. The first-order valence-electron chi connectivity index (χ1n) is 26.6. The summed E-state index contributed by atoms with van der Waals surface area (Å²) in [6, 6.07) is 104. The van der Waals surface area contributed by atoms with Crippen molar-refractivity contribution in [3.63, 3.8) is 0 Å². The largest absolute Gasteiger partial charge is 0.456 e. The number of nitrogens with zero attached hydrogens (tertiary/aromatic N) is 2. The Morgan fingerprint density at radius 2 is 0.628 bits per heavy atom. The van der Waals surface area contributed by atoms with E-state index in [1.165, 1.54) is 0 Å². The summed E-state index contributed by atoms with van der Waals surface area (Å²) in [5.41, 5.74) is 19.7. The maximum atomic E-state index is 6.98. The van der Waals surface area contributed by atoms with Crippen LogP contribution in [-0.4, -0.2) is 0 Å². The lowest BCUT2D eigenvalue weighted by Gasteiger charge is -2.31. The van der Waals surface area contributed by atoms with Crippen LogP contribution in [0.15, 0.2) is 291 Å². The molecule has 2 aliphatic rings. The molecule has 0 aromatic heterocycles. The van der Waals surface area contributed by atoms with Gasteiger partial charge >= 0.3 is 0 Å². The highest BCUT2D eigenvalue weighted by molar-refractivity contribution is 6.10. The van der Waals surface area contributed by atoms with Crippen molar-refractivity contribution in [3.8, 4) is 89.8 Å². The second kappa shape index (κ2) is 18.7. The van der Waals surface area contributed by atoms with Crippen LogP contribution in [0.1, 0.15) is 0 Å². The average molecular weight is 997 g/mol. The normalized spacial score (nSPS) is 11.8. The lowest BCUT2D eigenvalue weighted by atomic mass is 9.87. The van der Waals surface area contributed by atoms with E-state index in [2.05, 4.69) is 295 Å². The van der Waals surface area contributed by atoms with Gasteiger partial charge in [-0.05, 0) is 165 Å². The average Bonchev–Trinajstić information content (AvgIpc) is 3.58. The summed E-state index contributed by atoms with van der Waals surface area (Å²) in [4.78, 5) is 4.79. The van der Waals surface area contributed by atoms with Gasteiger partial charge in [0.2, 0.25) is 0 Å². The number of para-hydroxylation sites is 7. The van der Waals surface area contributed by atoms with Crippen molar-refractivity contribution in [2.24, 2.45) is 0 Å². The molecule has 0 aliphatic carbocycles. The van der Waals surface area contributed by atoms with Crippen molar-refractivity contribution in [2.45, 2.75) is 0 Å². The second-order valence-electron chi connectivity index (χ2n) is 20.0. The number of benzene rings is 13. The molecule has 4 heteroatoms. The molecular weight excluding hydrogens is 949 g/mol. The van der Waals surface area contributed by atoms with Gasteiger partial charge in [-0.3, -0.25) is 0 Å². The Kier molecular flexibility index (Phi) is 10.8. The summed E-state index contributed by atoms with van der Waals surface area (Å²) in [5.74, 6) is 3.39. The van der Waals surface area contributed by atoms with Gasteiger partial charge in [0.15, 0.2) is 0 Å². The van der Waals surface area contributed by atoms with E-state index in [1.807, 2.05) is 6.07 Å². The third-order valence-corrected chi connectivity index (χ3v) is 15.4. The van der Waals surface area contributed by atoms with Crippen molar-refractivity contribution in [3.05, 3.63) is 291 Å². The van der Waals surface area contributed by atoms with E-state index in [0.717, 1.165) is 145 Å². The van der Waals surface area contributed by atoms with Crippen LogP contribution in [0.2, 0.25) is 0 Å². The molecule has 0 bridgehead atoms. The third kappa shape index (κ3) is 7.69. The molecular formula is C74H48N2O2. The van der Waals surface area contributed by atoms with Crippen LogP contribution in [0.4, 0.5) is 34.1 Å². The Labute approximate surface area is 453 Å². The van der Waals surface area contributed by atoms with Gasteiger partial charge in [-0.1, -0.05) is 176 Å². The van der Waals surface area contributed by atoms with Crippen LogP contribution >= 0.6 is 0 Å². The Balaban J connectivity index is 0.974. The van der Waals surface area contributed by atoms with Crippen LogP contribution in [-0.2, 0) is 0 Å².